The first-order valence-electron chi connectivity index (χ1n) is 12.8. The summed E-state index contributed by atoms with van der Waals surface area (Å²) in [4.78, 5) is 27.7. The maximum atomic E-state index is 13.6. The van der Waals surface area contributed by atoms with E-state index in [9.17, 15) is 23.1 Å². The average molecular weight is 563 g/mol. The smallest absolute Gasteiger partial charge is 0.319 e. The van der Waals surface area contributed by atoms with Crippen LogP contribution in [0.5, 0.6) is 11.5 Å². The van der Waals surface area contributed by atoms with Crippen molar-refractivity contribution in [3.63, 3.8) is 0 Å². The number of nitrogens with zero attached hydrogens (tertiary/aromatic N) is 2. The second-order valence-electron chi connectivity index (χ2n) is 10.0. The fourth-order valence-corrected chi connectivity index (χ4v) is 5.44. The van der Waals surface area contributed by atoms with Crippen molar-refractivity contribution >= 4 is 27.6 Å². The van der Waals surface area contributed by atoms with E-state index < -0.39 is 28.2 Å². The standard InChI is InChI=1S/C27H38N4O7S/c1-17(2)28-27(34)29-23-9-7-8-22-25(23)38-24(18(3)14-31(26(22)33)19(4)16-32)15-30(5)39(35,36)21-12-10-20(37-6)11-13-21/h7-13,17-19,24,32H,14-16H2,1-6H3,(H2,28,29,34)/t18-,19-,24+/m1/s1. The molecule has 214 valence electrons. The van der Waals surface area contributed by atoms with Gasteiger partial charge in [-0.3, -0.25) is 4.79 Å². The molecular formula is C27H38N4O7S. The van der Waals surface area contributed by atoms with Gasteiger partial charge < -0.3 is 30.1 Å². The summed E-state index contributed by atoms with van der Waals surface area (Å²) in [5.41, 5.74) is 0.477. The van der Waals surface area contributed by atoms with Crippen LogP contribution in [0.4, 0.5) is 10.5 Å². The van der Waals surface area contributed by atoms with Crippen molar-refractivity contribution in [3.8, 4) is 11.5 Å². The summed E-state index contributed by atoms with van der Waals surface area (Å²) < 4.78 is 39.4. The molecule has 0 aromatic heterocycles. The number of anilines is 1. The van der Waals surface area contributed by atoms with E-state index in [1.807, 2.05) is 20.8 Å². The molecule has 0 unspecified atom stereocenters. The van der Waals surface area contributed by atoms with Crippen LogP contribution in [0.1, 0.15) is 38.1 Å². The summed E-state index contributed by atoms with van der Waals surface area (Å²) in [5.74, 6) is -0.0102. The van der Waals surface area contributed by atoms with E-state index in [0.717, 1.165) is 0 Å². The zero-order chi connectivity index (χ0) is 28.9. The highest BCUT2D eigenvalue weighted by atomic mass is 32.2. The van der Waals surface area contributed by atoms with Crippen molar-refractivity contribution < 1.29 is 32.6 Å². The Balaban J connectivity index is 2.00. The highest BCUT2D eigenvalue weighted by Gasteiger charge is 2.36. The van der Waals surface area contributed by atoms with Crippen LogP contribution in [0.2, 0.25) is 0 Å². The van der Waals surface area contributed by atoms with Crippen molar-refractivity contribution in [1.29, 1.82) is 0 Å². The van der Waals surface area contributed by atoms with Gasteiger partial charge in [0.1, 0.15) is 11.9 Å². The van der Waals surface area contributed by atoms with Gasteiger partial charge in [0.05, 0.1) is 42.4 Å². The molecule has 3 rings (SSSR count). The summed E-state index contributed by atoms with van der Waals surface area (Å²) in [7, 11) is -0.906. The summed E-state index contributed by atoms with van der Waals surface area (Å²) in [6.45, 7) is 7.18. The molecule has 12 heteroatoms. The Morgan fingerprint density at radius 1 is 1.21 bits per heavy atom. The third kappa shape index (κ3) is 7.00. The number of methoxy groups -OCH3 is 1. The first-order chi connectivity index (χ1) is 18.4. The molecule has 0 saturated heterocycles. The topological polar surface area (TPSA) is 138 Å². The summed E-state index contributed by atoms with van der Waals surface area (Å²) in [6, 6.07) is 9.85. The van der Waals surface area contributed by atoms with Crippen LogP contribution in [-0.2, 0) is 10.0 Å². The summed E-state index contributed by atoms with van der Waals surface area (Å²) >= 11 is 0. The number of aliphatic hydroxyl groups is 1. The number of para-hydroxylation sites is 1. The predicted octanol–water partition coefficient (Wildman–Crippen LogP) is 2.77. The zero-order valence-corrected chi connectivity index (χ0v) is 24.0. The molecule has 0 radical (unpaired) electrons. The molecule has 0 saturated carbocycles. The SMILES string of the molecule is COc1ccc(S(=O)(=O)N(C)C[C@@H]2Oc3c(NC(=O)NC(C)C)cccc3C(=O)N([C@H](C)CO)C[C@H]2C)cc1. The molecule has 1 aliphatic rings. The Morgan fingerprint density at radius 3 is 2.46 bits per heavy atom. The van der Waals surface area contributed by atoms with Crippen LogP contribution >= 0.6 is 0 Å². The van der Waals surface area contributed by atoms with Gasteiger partial charge in [-0.1, -0.05) is 13.0 Å². The largest absolute Gasteiger partial charge is 0.497 e. The highest BCUT2D eigenvalue weighted by Crippen LogP contribution is 2.35. The molecular weight excluding hydrogens is 524 g/mol. The van der Waals surface area contributed by atoms with Gasteiger partial charge in [-0.2, -0.15) is 4.31 Å². The van der Waals surface area contributed by atoms with E-state index >= 15 is 0 Å². The molecule has 3 N–H and O–H groups in total. The van der Waals surface area contributed by atoms with E-state index in [4.69, 9.17) is 9.47 Å². The number of amides is 3. The normalized spacial score (nSPS) is 18.6. The van der Waals surface area contributed by atoms with Crippen LogP contribution in [-0.4, -0.2) is 86.7 Å². The van der Waals surface area contributed by atoms with Crippen LogP contribution in [0, 0.1) is 5.92 Å². The number of rotatable bonds is 9. The number of nitrogens with one attached hydrogen (secondary N) is 2. The number of ether oxygens (including phenoxy) is 2. The van der Waals surface area contributed by atoms with Crippen molar-refractivity contribution in [2.45, 2.75) is 50.8 Å². The minimum Gasteiger partial charge on any atom is -0.497 e. The third-order valence-electron chi connectivity index (χ3n) is 6.56. The van der Waals surface area contributed by atoms with Gasteiger partial charge in [-0.25, -0.2) is 13.2 Å². The van der Waals surface area contributed by atoms with E-state index in [-0.39, 0.29) is 59.5 Å². The monoisotopic (exact) mass is 562 g/mol. The fraction of sp³-hybridized carbons (Fsp3) is 0.481. The minimum absolute atomic E-state index is 0.0307. The molecule has 1 aliphatic heterocycles. The Hall–Kier alpha value is -3.35. The molecule has 39 heavy (non-hydrogen) atoms. The predicted molar refractivity (Wildman–Crippen MR) is 148 cm³/mol. The van der Waals surface area contributed by atoms with Gasteiger partial charge in [0.2, 0.25) is 10.0 Å². The quantitative estimate of drug-likeness (QED) is 0.427. The van der Waals surface area contributed by atoms with Gasteiger partial charge in [-0.15, -0.1) is 0 Å². The average Bonchev–Trinajstić information content (AvgIpc) is 2.89. The number of hydrogen-bond acceptors (Lipinski definition) is 7. The summed E-state index contributed by atoms with van der Waals surface area (Å²) in [6.07, 6.45) is -0.695. The first kappa shape index (κ1) is 30.2. The summed E-state index contributed by atoms with van der Waals surface area (Å²) in [5, 5.41) is 15.3. The van der Waals surface area contributed by atoms with E-state index in [1.165, 1.54) is 30.6 Å². The number of fused-ring (bicyclic) bond motifs is 1. The lowest BCUT2D eigenvalue weighted by Crippen LogP contribution is -2.50. The van der Waals surface area contributed by atoms with E-state index in [0.29, 0.717) is 5.75 Å². The molecule has 3 atom stereocenters. The van der Waals surface area contributed by atoms with Gasteiger partial charge in [0, 0.05) is 25.6 Å². The first-order valence-corrected chi connectivity index (χ1v) is 14.2. The molecule has 2 aromatic rings. The molecule has 0 aliphatic carbocycles. The number of urea groups is 1. The maximum Gasteiger partial charge on any atom is 0.319 e. The van der Waals surface area contributed by atoms with Crippen molar-refractivity contribution in [2.75, 3.05) is 39.2 Å². The van der Waals surface area contributed by atoms with Gasteiger partial charge in [0.25, 0.3) is 5.91 Å². The zero-order valence-electron chi connectivity index (χ0n) is 23.2. The lowest BCUT2D eigenvalue weighted by molar-refractivity contribution is 0.0389. The van der Waals surface area contributed by atoms with E-state index in [2.05, 4.69) is 10.6 Å². The number of sulfonamides is 1. The molecule has 1 heterocycles. The third-order valence-corrected chi connectivity index (χ3v) is 8.40. The number of carbonyl (C=O) groups is 2. The molecule has 0 spiro atoms. The Kier molecular flexibility index (Phi) is 9.81. The number of hydrogen-bond donors (Lipinski definition) is 3. The van der Waals surface area contributed by atoms with Gasteiger partial charge in [0.15, 0.2) is 5.75 Å². The van der Waals surface area contributed by atoms with Gasteiger partial charge >= 0.3 is 6.03 Å². The van der Waals surface area contributed by atoms with E-state index in [1.54, 1.807) is 42.2 Å². The second kappa shape index (κ2) is 12.7. The maximum absolute atomic E-state index is 13.6. The lowest BCUT2D eigenvalue weighted by Gasteiger charge is -2.38. The molecule has 3 amide bonds. The Labute approximate surface area is 230 Å². The van der Waals surface area contributed by atoms with Crippen LogP contribution in [0.15, 0.2) is 47.4 Å². The lowest BCUT2D eigenvalue weighted by atomic mass is 9.99. The number of likely N-dealkylation sites (N-methyl/N-ethyl adjacent to an activating group) is 1. The fourth-order valence-electron chi connectivity index (χ4n) is 4.26. The van der Waals surface area contributed by atoms with Crippen LogP contribution in [0.3, 0.4) is 0 Å². The Bertz CT molecular complexity index is 1270. The van der Waals surface area contributed by atoms with Crippen LogP contribution in [0.25, 0.3) is 0 Å². The number of aliphatic hydroxyl groups excluding tert-OH is 1. The Morgan fingerprint density at radius 2 is 1.87 bits per heavy atom. The van der Waals surface area contributed by atoms with Crippen LogP contribution < -0.4 is 20.1 Å². The number of carbonyl (C=O) groups excluding carboxylic acids is 2. The highest BCUT2D eigenvalue weighted by molar-refractivity contribution is 7.89. The van der Waals surface area contributed by atoms with Crippen molar-refractivity contribution in [3.05, 3.63) is 48.0 Å². The minimum atomic E-state index is -3.88. The number of benzene rings is 2. The van der Waals surface area contributed by atoms with Crippen molar-refractivity contribution in [1.82, 2.24) is 14.5 Å². The molecule has 2 aromatic carbocycles. The second-order valence-corrected chi connectivity index (χ2v) is 12.1. The molecule has 0 bridgehead atoms. The van der Waals surface area contributed by atoms with Gasteiger partial charge in [-0.05, 0) is 57.2 Å². The molecule has 11 nitrogen and oxygen atoms in total. The van der Waals surface area contributed by atoms with Crippen molar-refractivity contribution in [2.24, 2.45) is 5.92 Å². The molecule has 0 fully saturated rings.